The molecule has 0 spiro atoms. The van der Waals surface area contributed by atoms with Crippen LogP contribution in [0.4, 0.5) is 0 Å². The highest BCUT2D eigenvalue weighted by Crippen LogP contribution is 2.40. The van der Waals surface area contributed by atoms with Gasteiger partial charge in [-0.25, -0.2) is 0 Å². The van der Waals surface area contributed by atoms with Crippen LogP contribution in [0.15, 0.2) is 84.0 Å². The zero-order valence-electron chi connectivity index (χ0n) is 20.7. The average Bonchev–Trinajstić information content (AvgIpc) is 2.82. The third kappa shape index (κ3) is 7.06. The minimum Gasteiger partial charge on any atom is -0.294 e. The van der Waals surface area contributed by atoms with Crippen molar-refractivity contribution in [3.8, 4) is 6.07 Å². The van der Waals surface area contributed by atoms with Gasteiger partial charge in [0.05, 0.1) is 12.0 Å². The van der Waals surface area contributed by atoms with Crippen LogP contribution in [-0.4, -0.2) is 5.78 Å². The summed E-state index contributed by atoms with van der Waals surface area (Å²) in [7, 11) is 0. The molecule has 170 valence electrons. The highest BCUT2D eigenvalue weighted by molar-refractivity contribution is 6.01. The van der Waals surface area contributed by atoms with Crippen LogP contribution < -0.4 is 0 Å². The Kier molecular flexibility index (Phi) is 12.0. The van der Waals surface area contributed by atoms with Crippen molar-refractivity contribution in [3.63, 3.8) is 0 Å². The van der Waals surface area contributed by atoms with Gasteiger partial charge in [0.2, 0.25) is 0 Å². The number of hydrogen-bond acceptors (Lipinski definition) is 2. The molecule has 1 aliphatic rings. The second kappa shape index (κ2) is 14.2. The van der Waals surface area contributed by atoms with Gasteiger partial charge in [0.15, 0.2) is 5.78 Å². The quantitative estimate of drug-likeness (QED) is 0.462. The van der Waals surface area contributed by atoms with E-state index in [1.54, 1.807) is 0 Å². The van der Waals surface area contributed by atoms with Crippen LogP contribution in [0.3, 0.4) is 0 Å². The molecule has 0 aromatic heterocycles. The standard InChI is InChI=1S/C26H27NO.2C2H6/c1-18-14-19(2)26(25(28)15-18)20(3)16-23(21-10-6-4-7-11-21)24(17-27)22-12-8-5-9-13-22;2*1-2/h4-13,18,23-24H,3,14-16H2,1-2H3;2*1-2H3. The monoisotopic (exact) mass is 429 g/mol. The first-order valence-corrected chi connectivity index (χ1v) is 11.9. The van der Waals surface area contributed by atoms with Gasteiger partial charge in [0, 0.05) is 17.9 Å². The van der Waals surface area contributed by atoms with Crippen molar-refractivity contribution in [1.82, 2.24) is 0 Å². The van der Waals surface area contributed by atoms with Gasteiger partial charge < -0.3 is 0 Å². The van der Waals surface area contributed by atoms with E-state index in [0.717, 1.165) is 34.3 Å². The average molecular weight is 430 g/mol. The van der Waals surface area contributed by atoms with Crippen molar-refractivity contribution in [3.05, 3.63) is 95.1 Å². The third-order valence-electron chi connectivity index (χ3n) is 5.64. The van der Waals surface area contributed by atoms with E-state index in [1.165, 1.54) is 0 Å². The van der Waals surface area contributed by atoms with E-state index in [1.807, 2.05) is 83.1 Å². The Bertz CT molecular complexity index is 918. The molecule has 0 saturated carbocycles. The highest BCUT2D eigenvalue weighted by Gasteiger charge is 2.30. The molecule has 0 heterocycles. The molecule has 2 heteroatoms. The van der Waals surface area contributed by atoms with E-state index >= 15 is 0 Å². The molecule has 0 fully saturated rings. The molecule has 0 saturated heterocycles. The molecule has 3 unspecified atom stereocenters. The summed E-state index contributed by atoms with van der Waals surface area (Å²) in [4.78, 5) is 12.7. The van der Waals surface area contributed by atoms with Gasteiger partial charge in [-0.15, -0.1) is 0 Å². The van der Waals surface area contributed by atoms with Gasteiger partial charge in [-0.2, -0.15) is 5.26 Å². The predicted molar refractivity (Wildman–Crippen MR) is 137 cm³/mol. The number of rotatable bonds is 6. The summed E-state index contributed by atoms with van der Waals surface area (Å²) < 4.78 is 0. The Morgan fingerprint density at radius 3 is 1.94 bits per heavy atom. The predicted octanol–water partition coefficient (Wildman–Crippen LogP) is 8.39. The maximum Gasteiger partial charge on any atom is 0.163 e. The summed E-state index contributed by atoms with van der Waals surface area (Å²) in [5.41, 5.74) is 4.91. The maximum atomic E-state index is 12.7. The lowest BCUT2D eigenvalue weighted by Crippen LogP contribution is -2.19. The molecule has 3 atom stereocenters. The molecule has 32 heavy (non-hydrogen) atoms. The van der Waals surface area contributed by atoms with Crippen molar-refractivity contribution < 1.29 is 4.79 Å². The van der Waals surface area contributed by atoms with E-state index in [0.29, 0.717) is 18.8 Å². The largest absolute Gasteiger partial charge is 0.294 e. The fourth-order valence-corrected chi connectivity index (χ4v) is 4.41. The maximum absolute atomic E-state index is 12.7. The highest BCUT2D eigenvalue weighted by atomic mass is 16.1. The normalized spacial score (nSPS) is 17.0. The molecule has 0 aliphatic heterocycles. The van der Waals surface area contributed by atoms with Crippen LogP contribution >= 0.6 is 0 Å². The molecule has 2 nitrogen and oxygen atoms in total. The Morgan fingerprint density at radius 1 is 0.969 bits per heavy atom. The zero-order chi connectivity index (χ0) is 24.1. The Balaban J connectivity index is 0.00000121. The summed E-state index contributed by atoms with van der Waals surface area (Å²) in [6.45, 7) is 16.5. The molecular formula is C30H39NO. The molecule has 2 aromatic carbocycles. The topological polar surface area (TPSA) is 40.9 Å². The third-order valence-corrected chi connectivity index (χ3v) is 5.64. The van der Waals surface area contributed by atoms with Crippen LogP contribution in [0, 0.1) is 17.2 Å². The lowest BCUT2D eigenvalue weighted by Gasteiger charge is -2.28. The molecule has 3 rings (SSSR count). The molecule has 0 N–H and O–H groups in total. The molecule has 2 aromatic rings. The first kappa shape index (κ1) is 27.1. The summed E-state index contributed by atoms with van der Waals surface area (Å²) in [6.07, 6.45) is 2.13. The van der Waals surface area contributed by atoms with Crippen molar-refractivity contribution in [2.24, 2.45) is 5.92 Å². The van der Waals surface area contributed by atoms with Crippen molar-refractivity contribution in [2.45, 2.75) is 72.6 Å². The van der Waals surface area contributed by atoms with Gasteiger partial charge in [0.25, 0.3) is 0 Å². The van der Waals surface area contributed by atoms with Crippen LogP contribution in [-0.2, 0) is 4.79 Å². The van der Waals surface area contributed by atoms with E-state index in [2.05, 4.69) is 31.7 Å². The first-order chi connectivity index (χ1) is 15.5. The summed E-state index contributed by atoms with van der Waals surface area (Å²) in [5, 5.41) is 10.0. The number of hydrogen-bond donors (Lipinski definition) is 0. The van der Waals surface area contributed by atoms with Gasteiger partial charge in [0.1, 0.15) is 0 Å². The number of carbonyl (C=O) groups excluding carboxylic acids is 1. The van der Waals surface area contributed by atoms with E-state index in [-0.39, 0.29) is 17.6 Å². The summed E-state index contributed by atoms with van der Waals surface area (Å²) >= 11 is 0. The van der Waals surface area contributed by atoms with Crippen molar-refractivity contribution in [1.29, 1.82) is 5.26 Å². The Hall–Kier alpha value is -2.92. The number of carbonyl (C=O) groups is 1. The van der Waals surface area contributed by atoms with Gasteiger partial charge >= 0.3 is 0 Å². The molecule has 0 bridgehead atoms. The molecular weight excluding hydrogens is 390 g/mol. The van der Waals surface area contributed by atoms with Crippen molar-refractivity contribution in [2.75, 3.05) is 0 Å². The second-order valence-electron chi connectivity index (χ2n) is 7.93. The summed E-state index contributed by atoms with van der Waals surface area (Å²) in [6, 6.07) is 22.5. The number of allylic oxidation sites excluding steroid dienone is 3. The molecule has 0 radical (unpaired) electrons. The lowest BCUT2D eigenvalue weighted by atomic mass is 9.75. The van der Waals surface area contributed by atoms with Crippen LogP contribution in [0.25, 0.3) is 0 Å². The van der Waals surface area contributed by atoms with E-state index in [9.17, 15) is 10.1 Å². The Labute approximate surface area is 195 Å². The van der Waals surface area contributed by atoms with Crippen LogP contribution in [0.2, 0.25) is 0 Å². The van der Waals surface area contributed by atoms with Gasteiger partial charge in [-0.05, 0) is 42.4 Å². The number of Topliss-reactive ketones (excluding diaryl/α,β-unsaturated/α-hetero) is 1. The first-order valence-electron chi connectivity index (χ1n) is 11.9. The van der Waals surface area contributed by atoms with E-state index in [4.69, 9.17) is 0 Å². The zero-order valence-corrected chi connectivity index (χ0v) is 20.7. The number of nitriles is 1. The van der Waals surface area contributed by atoms with Gasteiger partial charge in [-0.1, -0.05) is 107 Å². The van der Waals surface area contributed by atoms with Gasteiger partial charge in [-0.3, -0.25) is 4.79 Å². The van der Waals surface area contributed by atoms with E-state index < -0.39 is 0 Å². The van der Waals surface area contributed by atoms with Crippen LogP contribution in [0.1, 0.15) is 83.8 Å². The second-order valence-corrected chi connectivity index (χ2v) is 7.93. The van der Waals surface area contributed by atoms with Crippen LogP contribution in [0.5, 0.6) is 0 Å². The SMILES string of the molecule is C=C(CC(c1ccccc1)C(C#N)c1ccccc1)C1=C(C)CC(C)CC1=O.CC.CC. The van der Waals surface area contributed by atoms with Crippen molar-refractivity contribution >= 4 is 5.78 Å². The Morgan fingerprint density at radius 2 is 1.47 bits per heavy atom. The fourth-order valence-electron chi connectivity index (χ4n) is 4.41. The number of nitrogens with zero attached hydrogens (tertiary/aromatic N) is 1. The minimum absolute atomic E-state index is 0.0476. The minimum atomic E-state index is -0.293. The number of ketones is 1. The lowest BCUT2D eigenvalue weighted by molar-refractivity contribution is -0.116. The number of benzene rings is 2. The fraction of sp³-hybridized carbons (Fsp3) is 0.400. The smallest absolute Gasteiger partial charge is 0.163 e. The molecule has 1 aliphatic carbocycles. The summed E-state index contributed by atoms with van der Waals surface area (Å²) in [5.74, 6) is 0.249. The molecule has 0 amide bonds.